The van der Waals surface area contributed by atoms with Crippen LogP contribution in [0.3, 0.4) is 0 Å². The van der Waals surface area contributed by atoms with Gasteiger partial charge in [-0.25, -0.2) is 0 Å². The quantitative estimate of drug-likeness (QED) is 0.935. The van der Waals surface area contributed by atoms with Crippen molar-refractivity contribution in [2.45, 2.75) is 18.6 Å². The van der Waals surface area contributed by atoms with Gasteiger partial charge in [-0.15, -0.1) is 11.3 Å². The number of ether oxygens (including phenoxy) is 1. The lowest BCUT2D eigenvalue weighted by atomic mass is 10.0. The largest absolute Gasteiger partial charge is 0.375 e. The van der Waals surface area contributed by atoms with Crippen molar-refractivity contribution in [1.29, 1.82) is 0 Å². The molecule has 0 bridgehead atoms. The van der Waals surface area contributed by atoms with E-state index in [9.17, 15) is 0 Å². The summed E-state index contributed by atoms with van der Waals surface area (Å²) in [5.41, 5.74) is 1.44. The standard InChI is InChI=1S/C15H19NOS2/c1-16-13(14-10-18-7-6-17-14)8-11-9-19-15-5-3-2-4-12(11)15/h2-5,9,13-14,16H,6-8,10H2,1H3. The summed E-state index contributed by atoms with van der Waals surface area (Å²) in [6.07, 6.45) is 1.38. The summed E-state index contributed by atoms with van der Waals surface area (Å²) in [6, 6.07) is 9.07. The highest BCUT2D eigenvalue weighted by Crippen LogP contribution is 2.28. The van der Waals surface area contributed by atoms with Crippen molar-refractivity contribution in [2.24, 2.45) is 0 Å². The van der Waals surface area contributed by atoms with Crippen LogP contribution in [0.1, 0.15) is 5.56 Å². The molecule has 1 fully saturated rings. The molecule has 2 nitrogen and oxygen atoms in total. The average Bonchev–Trinajstić information content (AvgIpc) is 2.89. The molecule has 2 atom stereocenters. The number of nitrogens with one attached hydrogen (secondary N) is 1. The van der Waals surface area contributed by atoms with Crippen molar-refractivity contribution in [2.75, 3.05) is 25.2 Å². The molecule has 0 aliphatic carbocycles. The number of thioether (sulfide) groups is 1. The van der Waals surface area contributed by atoms with Gasteiger partial charge in [-0.2, -0.15) is 11.8 Å². The van der Waals surface area contributed by atoms with Crippen LogP contribution in [-0.4, -0.2) is 37.3 Å². The fourth-order valence-electron chi connectivity index (χ4n) is 2.59. The maximum Gasteiger partial charge on any atom is 0.0821 e. The van der Waals surface area contributed by atoms with Gasteiger partial charge >= 0.3 is 0 Å². The molecule has 2 heterocycles. The number of rotatable bonds is 4. The minimum atomic E-state index is 0.336. The number of hydrogen-bond donors (Lipinski definition) is 1. The predicted octanol–water partition coefficient (Wildman–Crippen LogP) is 3.16. The molecule has 102 valence electrons. The number of thiophene rings is 1. The SMILES string of the molecule is CNC(Cc1csc2ccccc12)C1CSCCO1. The lowest BCUT2D eigenvalue weighted by Gasteiger charge is -2.30. The highest BCUT2D eigenvalue weighted by Gasteiger charge is 2.24. The summed E-state index contributed by atoms with van der Waals surface area (Å²) in [4.78, 5) is 0. The van der Waals surface area contributed by atoms with Gasteiger partial charge in [0.05, 0.1) is 12.7 Å². The summed E-state index contributed by atoms with van der Waals surface area (Å²) in [6.45, 7) is 0.887. The number of benzene rings is 1. The molecule has 19 heavy (non-hydrogen) atoms. The Morgan fingerprint density at radius 2 is 2.32 bits per heavy atom. The fourth-order valence-corrected chi connectivity index (χ4v) is 4.50. The smallest absolute Gasteiger partial charge is 0.0821 e. The van der Waals surface area contributed by atoms with Crippen LogP contribution in [0.4, 0.5) is 0 Å². The Morgan fingerprint density at radius 3 is 3.11 bits per heavy atom. The van der Waals surface area contributed by atoms with Gasteiger partial charge in [0.1, 0.15) is 0 Å². The Kier molecular flexibility index (Phi) is 4.43. The van der Waals surface area contributed by atoms with E-state index in [4.69, 9.17) is 4.74 Å². The average molecular weight is 293 g/mol. The molecule has 1 aromatic heterocycles. The van der Waals surface area contributed by atoms with Crippen molar-refractivity contribution < 1.29 is 4.74 Å². The zero-order chi connectivity index (χ0) is 13.1. The lowest BCUT2D eigenvalue weighted by molar-refractivity contribution is 0.0493. The van der Waals surface area contributed by atoms with Gasteiger partial charge < -0.3 is 10.1 Å². The van der Waals surface area contributed by atoms with E-state index in [1.165, 1.54) is 15.6 Å². The van der Waals surface area contributed by atoms with Crippen molar-refractivity contribution in [3.8, 4) is 0 Å². The Bertz CT molecular complexity index is 534. The molecule has 1 saturated heterocycles. The minimum absolute atomic E-state index is 0.336. The van der Waals surface area contributed by atoms with Gasteiger partial charge in [-0.1, -0.05) is 18.2 Å². The summed E-state index contributed by atoms with van der Waals surface area (Å²) >= 11 is 3.84. The van der Waals surface area contributed by atoms with Crippen molar-refractivity contribution >= 4 is 33.2 Å². The Balaban J connectivity index is 1.78. The van der Waals surface area contributed by atoms with Crippen LogP contribution in [0, 0.1) is 0 Å². The van der Waals surface area contributed by atoms with E-state index in [1.807, 2.05) is 30.1 Å². The van der Waals surface area contributed by atoms with E-state index in [0.717, 1.165) is 24.5 Å². The first kappa shape index (κ1) is 13.4. The molecule has 1 aliphatic rings. The van der Waals surface area contributed by atoms with Crippen LogP contribution in [0.25, 0.3) is 10.1 Å². The first-order chi connectivity index (χ1) is 9.38. The maximum absolute atomic E-state index is 5.91. The number of hydrogen-bond acceptors (Lipinski definition) is 4. The van der Waals surface area contributed by atoms with E-state index >= 15 is 0 Å². The highest BCUT2D eigenvalue weighted by molar-refractivity contribution is 7.99. The molecule has 0 spiro atoms. The van der Waals surface area contributed by atoms with Gasteiger partial charge in [-0.3, -0.25) is 0 Å². The molecule has 0 amide bonds. The van der Waals surface area contributed by atoms with Crippen molar-refractivity contribution in [3.05, 3.63) is 35.2 Å². The monoisotopic (exact) mass is 293 g/mol. The molecule has 1 N–H and O–H groups in total. The maximum atomic E-state index is 5.91. The molecule has 4 heteroatoms. The van der Waals surface area contributed by atoms with Crippen LogP contribution in [0.15, 0.2) is 29.6 Å². The van der Waals surface area contributed by atoms with Crippen LogP contribution in [0.2, 0.25) is 0 Å². The van der Waals surface area contributed by atoms with E-state index in [1.54, 1.807) is 0 Å². The van der Waals surface area contributed by atoms with Crippen LogP contribution in [0.5, 0.6) is 0 Å². The topological polar surface area (TPSA) is 21.3 Å². The first-order valence-corrected chi connectivity index (χ1v) is 8.73. The number of likely N-dealkylation sites (N-methyl/N-ethyl adjacent to an activating group) is 1. The van der Waals surface area contributed by atoms with E-state index < -0.39 is 0 Å². The second-order valence-corrected chi connectivity index (χ2v) is 6.90. The highest BCUT2D eigenvalue weighted by atomic mass is 32.2. The van der Waals surface area contributed by atoms with Crippen LogP contribution < -0.4 is 5.32 Å². The van der Waals surface area contributed by atoms with E-state index in [-0.39, 0.29) is 0 Å². The van der Waals surface area contributed by atoms with Crippen molar-refractivity contribution in [3.63, 3.8) is 0 Å². The fraction of sp³-hybridized carbons (Fsp3) is 0.467. The zero-order valence-corrected chi connectivity index (χ0v) is 12.7. The molecule has 0 saturated carbocycles. The predicted molar refractivity (Wildman–Crippen MR) is 85.4 cm³/mol. The molecule has 2 aromatic rings. The first-order valence-electron chi connectivity index (χ1n) is 6.70. The molecular formula is C15H19NOS2. The third-order valence-corrected chi connectivity index (χ3v) is 5.69. The molecular weight excluding hydrogens is 274 g/mol. The van der Waals surface area contributed by atoms with Gasteiger partial charge in [-0.05, 0) is 35.9 Å². The van der Waals surface area contributed by atoms with Gasteiger partial charge in [0, 0.05) is 22.2 Å². The van der Waals surface area contributed by atoms with E-state index in [0.29, 0.717) is 12.1 Å². The van der Waals surface area contributed by atoms with Gasteiger partial charge in [0.25, 0.3) is 0 Å². The van der Waals surface area contributed by atoms with Crippen LogP contribution >= 0.6 is 23.1 Å². The Labute approximate surface area is 122 Å². The van der Waals surface area contributed by atoms with Crippen LogP contribution in [-0.2, 0) is 11.2 Å². The van der Waals surface area contributed by atoms with Gasteiger partial charge in [0.2, 0.25) is 0 Å². The summed E-state index contributed by atoms with van der Waals surface area (Å²) < 4.78 is 7.29. The molecule has 1 aliphatic heterocycles. The number of fused-ring (bicyclic) bond motifs is 1. The third-order valence-electron chi connectivity index (χ3n) is 3.66. The summed E-state index contributed by atoms with van der Waals surface area (Å²) in [5, 5.41) is 7.14. The summed E-state index contributed by atoms with van der Waals surface area (Å²) in [5.74, 6) is 2.24. The molecule has 3 rings (SSSR count). The lowest BCUT2D eigenvalue weighted by Crippen LogP contribution is -2.44. The molecule has 0 radical (unpaired) electrons. The second kappa shape index (κ2) is 6.27. The molecule has 1 aromatic carbocycles. The normalized spacial score (nSPS) is 21.6. The Hall–Kier alpha value is -0.550. The zero-order valence-electron chi connectivity index (χ0n) is 11.1. The summed E-state index contributed by atoms with van der Waals surface area (Å²) in [7, 11) is 2.04. The van der Waals surface area contributed by atoms with Gasteiger partial charge in [0.15, 0.2) is 0 Å². The Morgan fingerprint density at radius 1 is 1.42 bits per heavy atom. The third kappa shape index (κ3) is 2.97. The second-order valence-electron chi connectivity index (χ2n) is 4.84. The van der Waals surface area contributed by atoms with Crippen molar-refractivity contribution in [1.82, 2.24) is 5.32 Å². The van der Waals surface area contributed by atoms with E-state index in [2.05, 4.69) is 35.0 Å². The molecule has 2 unspecified atom stereocenters. The minimum Gasteiger partial charge on any atom is -0.375 e.